The number of nitrogens with two attached hydrogens (primary N) is 1. The van der Waals surface area contributed by atoms with Gasteiger partial charge in [-0.2, -0.15) is 0 Å². The Bertz CT molecular complexity index is 532. The summed E-state index contributed by atoms with van der Waals surface area (Å²) in [5, 5.41) is 2.62. The van der Waals surface area contributed by atoms with Gasteiger partial charge in [-0.1, -0.05) is 40.5 Å². The zero-order valence-electron chi connectivity index (χ0n) is 10.5. The summed E-state index contributed by atoms with van der Waals surface area (Å²) in [5.74, 6) is 0.651. The van der Waals surface area contributed by atoms with Crippen molar-refractivity contribution >= 4 is 38.9 Å². The van der Waals surface area contributed by atoms with Crippen LogP contribution in [0.1, 0.15) is 24.3 Å². The van der Waals surface area contributed by atoms with Gasteiger partial charge in [0, 0.05) is 15.4 Å². The van der Waals surface area contributed by atoms with Crippen molar-refractivity contribution < 1.29 is 4.74 Å². The molecule has 2 nitrogen and oxygen atoms in total. The third kappa shape index (κ3) is 3.72. The Morgan fingerprint density at radius 2 is 2.21 bits per heavy atom. The van der Waals surface area contributed by atoms with Crippen LogP contribution in [0.4, 0.5) is 0 Å². The molecule has 0 fully saturated rings. The van der Waals surface area contributed by atoms with Gasteiger partial charge in [-0.3, -0.25) is 0 Å². The fourth-order valence-corrected chi connectivity index (χ4v) is 3.06. The average molecular weight is 361 g/mol. The highest BCUT2D eigenvalue weighted by atomic mass is 79.9. The third-order valence-corrected chi connectivity index (χ3v) is 4.57. The van der Waals surface area contributed by atoms with Crippen LogP contribution in [0.5, 0.6) is 5.75 Å². The highest BCUT2D eigenvalue weighted by Gasteiger charge is 2.22. The van der Waals surface area contributed by atoms with E-state index in [4.69, 9.17) is 22.1 Å². The van der Waals surface area contributed by atoms with E-state index < -0.39 is 0 Å². The van der Waals surface area contributed by atoms with Crippen LogP contribution >= 0.6 is 38.9 Å². The third-order valence-electron chi connectivity index (χ3n) is 2.83. The number of thiophene rings is 1. The predicted molar refractivity (Wildman–Crippen MR) is 85.1 cm³/mol. The normalized spacial score (nSPS) is 14.1. The molecule has 0 bridgehead atoms. The first-order chi connectivity index (χ1) is 9.11. The Hall–Kier alpha value is -0.550. The molecule has 19 heavy (non-hydrogen) atoms. The van der Waals surface area contributed by atoms with E-state index in [9.17, 15) is 0 Å². The molecule has 0 aliphatic heterocycles. The van der Waals surface area contributed by atoms with Crippen molar-refractivity contribution in [1.82, 2.24) is 0 Å². The predicted octanol–water partition coefficient (Wildman–Crippen LogP) is 5.02. The van der Waals surface area contributed by atoms with Crippen molar-refractivity contribution in [3.63, 3.8) is 0 Å². The Balaban J connectivity index is 2.28. The lowest BCUT2D eigenvalue weighted by molar-refractivity contribution is 0.174. The number of halogens is 2. The number of hydrogen-bond acceptors (Lipinski definition) is 3. The van der Waals surface area contributed by atoms with Gasteiger partial charge in [0.15, 0.2) is 0 Å². The van der Waals surface area contributed by atoms with Gasteiger partial charge >= 0.3 is 0 Å². The maximum atomic E-state index is 6.17. The number of ether oxygens (including phenoxy) is 1. The maximum absolute atomic E-state index is 6.17. The summed E-state index contributed by atoms with van der Waals surface area (Å²) < 4.78 is 6.98. The van der Waals surface area contributed by atoms with E-state index in [1.165, 1.54) is 0 Å². The molecule has 0 amide bonds. The SMILES string of the molecule is CCC(N)C(Oc1cc(Br)ccc1Cl)c1cccs1. The highest BCUT2D eigenvalue weighted by Crippen LogP contribution is 2.34. The second kappa shape index (κ2) is 6.75. The summed E-state index contributed by atoms with van der Waals surface area (Å²) in [4.78, 5) is 1.12. The zero-order chi connectivity index (χ0) is 13.8. The van der Waals surface area contributed by atoms with Gasteiger partial charge < -0.3 is 10.5 Å². The summed E-state index contributed by atoms with van der Waals surface area (Å²) >= 11 is 11.2. The van der Waals surface area contributed by atoms with Crippen LogP contribution in [-0.2, 0) is 0 Å². The molecule has 0 radical (unpaired) electrons. The summed E-state index contributed by atoms with van der Waals surface area (Å²) in [6.45, 7) is 2.05. The van der Waals surface area contributed by atoms with Crippen molar-refractivity contribution in [1.29, 1.82) is 0 Å². The second-order valence-corrected chi connectivity index (χ2v) is 6.50. The van der Waals surface area contributed by atoms with Gasteiger partial charge in [0.2, 0.25) is 0 Å². The van der Waals surface area contributed by atoms with Gasteiger partial charge in [0.1, 0.15) is 11.9 Å². The summed E-state index contributed by atoms with van der Waals surface area (Å²) in [7, 11) is 0. The van der Waals surface area contributed by atoms with Crippen LogP contribution in [0, 0.1) is 0 Å². The summed E-state index contributed by atoms with van der Waals surface area (Å²) in [6, 6.07) is 9.54. The Morgan fingerprint density at radius 3 is 2.84 bits per heavy atom. The molecule has 2 rings (SSSR count). The molecule has 2 aromatic rings. The first-order valence-electron chi connectivity index (χ1n) is 6.02. The lowest BCUT2D eigenvalue weighted by Gasteiger charge is -2.24. The van der Waals surface area contributed by atoms with E-state index in [0.717, 1.165) is 15.8 Å². The molecule has 102 valence electrons. The minimum absolute atomic E-state index is 0.0614. The number of rotatable bonds is 5. The Kier molecular flexibility index (Phi) is 5.28. The Morgan fingerprint density at radius 1 is 1.42 bits per heavy atom. The molecule has 5 heteroatoms. The zero-order valence-corrected chi connectivity index (χ0v) is 13.6. The molecule has 2 unspecified atom stereocenters. The molecule has 0 spiro atoms. The van der Waals surface area contributed by atoms with Gasteiger partial charge in [-0.15, -0.1) is 11.3 Å². The highest BCUT2D eigenvalue weighted by molar-refractivity contribution is 9.10. The van der Waals surface area contributed by atoms with Crippen LogP contribution in [0.3, 0.4) is 0 Å². The lowest BCUT2D eigenvalue weighted by atomic mass is 10.1. The molecule has 1 aromatic carbocycles. The fourth-order valence-electron chi connectivity index (χ4n) is 1.73. The monoisotopic (exact) mass is 359 g/mol. The lowest BCUT2D eigenvalue weighted by Crippen LogP contribution is -2.31. The molecule has 1 aromatic heterocycles. The maximum Gasteiger partial charge on any atom is 0.148 e. The Labute approximate surface area is 130 Å². The average Bonchev–Trinajstić information content (AvgIpc) is 2.92. The van der Waals surface area contributed by atoms with Gasteiger partial charge in [-0.05, 0) is 36.1 Å². The molecule has 2 N–H and O–H groups in total. The molecule has 0 aliphatic carbocycles. The molecule has 0 saturated heterocycles. The van der Waals surface area contributed by atoms with Gasteiger partial charge in [-0.25, -0.2) is 0 Å². The van der Waals surface area contributed by atoms with Crippen LogP contribution < -0.4 is 10.5 Å². The molecular weight excluding hydrogens is 346 g/mol. The molecular formula is C14H15BrClNOS. The van der Waals surface area contributed by atoms with E-state index in [-0.39, 0.29) is 12.1 Å². The minimum Gasteiger partial charge on any atom is -0.482 e. The first-order valence-corrected chi connectivity index (χ1v) is 8.07. The van der Waals surface area contributed by atoms with Crippen molar-refractivity contribution in [2.45, 2.75) is 25.5 Å². The largest absolute Gasteiger partial charge is 0.482 e. The molecule has 0 aliphatic rings. The summed E-state index contributed by atoms with van der Waals surface area (Å²) in [5.41, 5.74) is 6.17. The van der Waals surface area contributed by atoms with Gasteiger partial charge in [0.05, 0.1) is 5.02 Å². The van der Waals surface area contributed by atoms with Crippen molar-refractivity contribution in [2.24, 2.45) is 5.73 Å². The van der Waals surface area contributed by atoms with Crippen LogP contribution in [-0.4, -0.2) is 6.04 Å². The molecule has 1 heterocycles. The van der Waals surface area contributed by atoms with E-state index in [1.807, 2.05) is 35.7 Å². The van der Waals surface area contributed by atoms with Crippen molar-refractivity contribution in [3.05, 3.63) is 50.1 Å². The van der Waals surface area contributed by atoms with Crippen LogP contribution in [0.2, 0.25) is 5.02 Å². The smallest absolute Gasteiger partial charge is 0.148 e. The minimum atomic E-state index is -0.170. The molecule has 2 atom stereocenters. The van der Waals surface area contributed by atoms with E-state index in [2.05, 4.69) is 22.9 Å². The van der Waals surface area contributed by atoms with E-state index in [0.29, 0.717) is 10.8 Å². The van der Waals surface area contributed by atoms with Gasteiger partial charge in [0.25, 0.3) is 0 Å². The second-order valence-electron chi connectivity index (χ2n) is 4.20. The van der Waals surface area contributed by atoms with Crippen LogP contribution in [0.25, 0.3) is 0 Å². The fraction of sp³-hybridized carbons (Fsp3) is 0.286. The molecule has 0 saturated carbocycles. The topological polar surface area (TPSA) is 35.2 Å². The van der Waals surface area contributed by atoms with Crippen molar-refractivity contribution in [3.8, 4) is 5.75 Å². The number of benzene rings is 1. The van der Waals surface area contributed by atoms with Crippen LogP contribution in [0.15, 0.2) is 40.2 Å². The first kappa shape index (κ1) is 14.9. The van der Waals surface area contributed by atoms with Crippen molar-refractivity contribution in [2.75, 3.05) is 0 Å². The quantitative estimate of drug-likeness (QED) is 0.812. The standard InChI is InChI=1S/C14H15BrClNOS/c1-2-11(17)14(13-4-3-7-19-13)18-12-8-9(15)5-6-10(12)16/h3-8,11,14H,2,17H2,1H3. The van der Waals surface area contributed by atoms with E-state index in [1.54, 1.807) is 11.3 Å². The van der Waals surface area contributed by atoms with E-state index >= 15 is 0 Å². The summed E-state index contributed by atoms with van der Waals surface area (Å²) in [6.07, 6.45) is 0.672. The number of hydrogen-bond donors (Lipinski definition) is 1.